The van der Waals surface area contributed by atoms with Crippen LogP contribution >= 0.6 is 0 Å². The molecule has 24 heavy (non-hydrogen) atoms. The SMILES string of the molecule is CCN(Cc1ccc(N(C)C)cc1)S(=O)(=O)c1ccc(C#N)cc1. The Kier molecular flexibility index (Phi) is 5.60. The third kappa shape index (κ3) is 3.94. The molecule has 5 nitrogen and oxygen atoms in total. The zero-order valence-corrected chi connectivity index (χ0v) is 14.9. The van der Waals surface area contributed by atoms with Gasteiger partial charge in [-0.2, -0.15) is 9.57 Å². The van der Waals surface area contributed by atoms with E-state index in [0.29, 0.717) is 18.7 Å². The fourth-order valence-corrected chi connectivity index (χ4v) is 3.76. The summed E-state index contributed by atoms with van der Waals surface area (Å²) in [6.07, 6.45) is 0. The molecule has 0 saturated carbocycles. The quantitative estimate of drug-likeness (QED) is 0.809. The Morgan fingerprint density at radius 3 is 2.04 bits per heavy atom. The van der Waals surface area contributed by atoms with E-state index in [0.717, 1.165) is 11.3 Å². The normalized spacial score (nSPS) is 11.3. The lowest BCUT2D eigenvalue weighted by atomic mass is 10.2. The molecule has 6 heteroatoms. The lowest BCUT2D eigenvalue weighted by Gasteiger charge is -2.21. The van der Waals surface area contributed by atoms with Crippen molar-refractivity contribution in [2.45, 2.75) is 18.4 Å². The minimum atomic E-state index is -3.59. The molecule has 0 aliphatic carbocycles. The van der Waals surface area contributed by atoms with Crippen molar-refractivity contribution in [1.82, 2.24) is 4.31 Å². The largest absolute Gasteiger partial charge is 0.378 e. The van der Waals surface area contributed by atoms with Crippen molar-refractivity contribution in [2.75, 3.05) is 25.5 Å². The van der Waals surface area contributed by atoms with Crippen LogP contribution in [-0.2, 0) is 16.6 Å². The van der Waals surface area contributed by atoms with Gasteiger partial charge in [-0.25, -0.2) is 8.42 Å². The second kappa shape index (κ2) is 7.47. The highest BCUT2D eigenvalue weighted by Gasteiger charge is 2.23. The number of hydrogen-bond donors (Lipinski definition) is 0. The summed E-state index contributed by atoms with van der Waals surface area (Å²) in [5, 5.41) is 8.83. The van der Waals surface area contributed by atoms with Crippen molar-refractivity contribution in [3.05, 3.63) is 59.7 Å². The van der Waals surface area contributed by atoms with E-state index in [2.05, 4.69) is 0 Å². The molecule has 2 aromatic rings. The molecule has 0 spiro atoms. The molecule has 0 aliphatic rings. The molecule has 0 aromatic heterocycles. The predicted octanol–water partition coefficient (Wildman–Crippen LogP) is 2.84. The summed E-state index contributed by atoms with van der Waals surface area (Å²) in [6, 6.07) is 15.8. The van der Waals surface area contributed by atoms with Crippen molar-refractivity contribution < 1.29 is 8.42 Å². The van der Waals surface area contributed by atoms with Gasteiger partial charge in [-0.05, 0) is 42.0 Å². The average Bonchev–Trinajstić information content (AvgIpc) is 2.59. The van der Waals surface area contributed by atoms with E-state index in [9.17, 15) is 8.42 Å². The third-order valence-corrected chi connectivity index (χ3v) is 5.72. The summed E-state index contributed by atoms with van der Waals surface area (Å²) in [5.74, 6) is 0. The van der Waals surface area contributed by atoms with Crippen molar-refractivity contribution in [2.24, 2.45) is 0 Å². The number of nitriles is 1. The van der Waals surface area contributed by atoms with Gasteiger partial charge >= 0.3 is 0 Å². The van der Waals surface area contributed by atoms with Crippen LogP contribution in [0.2, 0.25) is 0 Å². The molecule has 0 bridgehead atoms. The highest BCUT2D eigenvalue weighted by molar-refractivity contribution is 7.89. The van der Waals surface area contributed by atoms with Crippen LogP contribution in [0.3, 0.4) is 0 Å². The lowest BCUT2D eigenvalue weighted by molar-refractivity contribution is 0.423. The van der Waals surface area contributed by atoms with Gasteiger partial charge in [0.15, 0.2) is 0 Å². The molecular weight excluding hydrogens is 322 g/mol. The zero-order valence-electron chi connectivity index (χ0n) is 14.1. The van der Waals surface area contributed by atoms with Crippen LogP contribution in [-0.4, -0.2) is 33.4 Å². The smallest absolute Gasteiger partial charge is 0.243 e. The van der Waals surface area contributed by atoms with Crippen molar-refractivity contribution in [1.29, 1.82) is 5.26 Å². The van der Waals surface area contributed by atoms with Crippen LogP contribution in [0.4, 0.5) is 5.69 Å². The number of sulfonamides is 1. The Morgan fingerprint density at radius 1 is 1.00 bits per heavy atom. The number of hydrogen-bond acceptors (Lipinski definition) is 4. The molecule has 0 heterocycles. The van der Waals surface area contributed by atoms with E-state index >= 15 is 0 Å². The van der Waals surface area contributed by atoms with E-state index < -0.39 is 10.0 Å². The molecule has 0 saturated heterocycles. The maximum Gasteiger partial charge on any atom is 0.243 e. The van der Waals surface area contributed by atoms with Crippen LogP contribution in [0.5, 0.6) is 0 Å². The van der Waals surface area contributed by atoms with E-state index in [1.807, 2.05) is 56.3 Å². The summed E-state index contributed by atoms with van der Waals surface area (Å²) in [5.41, 5.74) is 2.44. The summed E-state index contributed by atoms with van der Waals surface area (Å²) in [6.45, 7) is 2.50. The van der Waals surface area contributed by atoms with Crippen molar-refractivity contribution in [3.63, 3.8) is 0 Å². The van der Waals surface area contributed by atoms with Crippen LogP contribution < -0.4 is 4.90 Å². The van der Waals surface area contributed by atoms with Crippen molar-refractivity contribution in [3.8, 4) is 6.07 Å². The monoisotopic (exact) mass is 343 g/mol. The average molecular weight is 343 g/mol. The molecule has 0 radical (unpaired) electrons. The molecule has 0 fully saturated rings. The van der Waals surface area contributed by atoms with Crippen LogP contribution in [0.15, 0.2) is 53.4 Å². The van der Waals surface area contributed by atoms with Crippen LogP contribution in [0.1, 0.15) is 18.1 Å². The van der Waals surface area contributed by atoms with E-state index in [-0.39, 0.29) is 4.90 Å². The maximum atomic E-state index is 12.8. The summed E-state index contributed by atoms with van der Waals surface area (Å²) >= 11 is 0. The molecule has 0 unspecified atom stereocenters. The Labute approximate surface area is 143 Å². The number of nitrogens with zero attached hydrogens (tertiary/aromatic N) is 3. The van der Waals surface area contributed by atoms with Gasteiger partial charge in [0.2, 0.25) is 10.0 Å². The first-order valence-corrected chi connectivity index (χ1v) is 9.09. The van der Waals surface area contributed by atoms with E-state index in [1.54, 1.807) is 0 Å². The standard InChI is InChI=1S/C18H21N3O2S/c1-4-21(14-16-5-9-17(10-6-16)20(2)3)24(22,23)18-11-7-15(13-19)8-12-18/h5-12H,4,14H2,1-3H3. The first-order valence-electron chi connectivity index (χ1n) is 7.65. The fourth-order valence-electron chi connectivity index (χ4n) is 2.32. The number of anilines is 1. The first kappa shape index (κ1) is 18.0. The van der Waals surface area contributed by atoms with Gasteiger partial charge in [0.05, 0.1) is 16.5 Å². The molecule has 0 amide bonds. The van der Waals surface area contributed by atoms with Gasteiger partial charge < -0.3 is 4.90 Å². The molecule has 0 atom stereocenters. The Hall–Kier alpha value is -2.36. The molecule has 0 N–H and O–H groups in total. The van der Waals surface area contributed by atoms with Gasteiger partial charge in [0.1, 0.15) is 0 Å². The number of benzene rings is 2. The van der Waals surface area contributed by atoms with E-state index in [4.69, 9.17) is 5.26 Å². The summed E-state index contributed by atoms with van der Waals surface area (Å²) in [4.78, 5) is 2.20. The molecule has 126 valence electrons. The zero-order chi connectivity index (χ0) is 17.7. The van der Waals surface area contributed by atoms with E-state index in [1.165, 1.54) is 28.6 Å². The Morgan fingerprint density at radius 2 is 1.58 bits per heavy atom. The van der Waals surface area contributed by atoms with Gasteiger partial charge in [0.25, 0.3) is 0 Å². The third-order valence-electron chi connectivity index (χ3n) is 3.79. The molecular formula is C18H21N3O2S. The highest BCUT2D eigenvalue weighted by atomic mass is 32.2. The Balaban J connectivity index is 2.24. The minimum Gasteiger partial charge on any atom is -0.378 e. The minimum absolute atomic E-state index is 0.202. The van der Waals surface area contributed by atoms with Gasteiger partial charge in [-0.3, -0.25) is 0 Å². The topological polar surface area (TPSA) is 64.4 Å². The van der Waals surface area contributed by atoms with Crippen molar-refractivity contribution >= 4 is 15.7 Å². The van der Waals surface area contributed by atoms with Gasteiger partial charge in [-0.1, -0.05) is 19.1 Å². The lowest BCUT2D eigenvalue weighted by Crippen LogP contribution is -2.30. The predicted molar refractivity (Wildman–Crippen MR) is 95.2 cm³/mol. The van der Waals surface area contributed by atoms with Crippen LogP contribution in [0.25, 0.3) is 0 Å². The fraction of sp³-hybridized carbons (Fsp3) is 0.278. The first-order chi connectivity index (χ1) is 11.4. The molecule has 2 aromatic carbocycles. The highest BCUT2D eigenvalue weighted by Crippen LogP contribution is 2.20. The summed E-state index contributed by atoms with van der Waals surface area (Å²) < 4.78 is 27.0. The molecule has 2 rings (SSSR count). The maximum absolute atomic E-state index is 12.8. The second-order valence-electron chi connectivity index (χ2n) is 5.63. The molecule has 0 aliphatic heterocycles. The van der Waals surface area contributed by atoms with Gasteiger partial charge in [-0.15, -0.1) is 0 Å². The second-order valence-corrected chi connectivity index (χ2v) is 7.57. The van der Waals surface area contributed by atoms with Crippen LogP contribution in [0, 0.1) is 11.3 Å². The Bertz CT molecular complexity index is 820. The number of rotatable bonds is 6. The van der Waals surface area contributed by atoms with Gasteiger partial charge in [0, 0.05) is 32.9 Å². The summed E-state index contributed by atoms with van der Waals surface area (Å²) in [7, 11) is 0.335.